The average molecular weight is 448 g/mol. The molecule has 3 aromatic carbocycles. The van der Waals surface area contributed by atoms with Crippen molar-refractivity contribution in [2.45, 2.75) is 6.92 Å². The topological polar surface area (TPSA) is 87.9 Å². The van der Waals surface area contributed by atoms with Gasteiger partial charge in [-0.3, -0.25) is 4.79 Å². The summed E-state index contributed by atoms with van der Waals surface area (Å²) >= 11 is 5.98. The van der Waals surface area contributed by atoms with Gasteiger partial charge in [-0.25, -0.2) is 13.8 Å². The molecule has 0 bridgehead atoms. The van der Waals surface area contributed by atoms with E-state index < -0.39 is 17.1 Å². The highest BCUT2D eigenvalue weighted by Crippen LogP contribution is 2.30. The van der Waals surface area contributed by atoms with Gasteiger partial charge >= 0.3 is 5.69 Å². The molecular formula is C24H15ClFN3O3. The minimum Gasteiger partial charge on any atom is -0.456 e. The molecule has 1 N–H and O–H groups in total. The summed E-state index contributed by atoms with van der Waals surface area (Å²) in [6.07, 6.45) is 0. The molecule has 0 radical (unpaired) electrons. The van der Waals surface area contributed by atoms with Gasteiger partial charge in [-0.15, -0.1) is 0 Å². The van der Waals surface area contributed by atoms with E-state index in [2.05, 4.69) is 4.98 Å². The predicted octanol–water partition coefficient (Wildman–Crippen LogP) is 4.96. The molecule has 1 aromatic heterocycles. The van der Waals surface area contributed by atoms with Gasteiger partial charge in [0.15, 0.2) is 0 Å². The number of hydrogen-bond donors (Lipinski definition) is 1. The van der Waals surface area contributed by atoms with Crippen LogP contribution in [0.4, 0.5) is 4.39 Å². The normalized spacial score (nSPS) is 10.6. The predicted molar refractivity (Wildman–Crippen MR) is 119 cm³/mol. The molecule has 0 fully saturated rings. The lowest BCUT2D eigenvalue weighted by Crippen LogP contribution is -2.34. The summed E-state index contributed by atoms with van der Waals surface area (Å²) in [6.45, 7) is 1.82. The zero-order valence-corrected chi connectivity index (χ0v) is 17.5. The first-order valence-corrected chi connectivity index (χ1v) is 9.85. The zero-order chi connectivity index (χ0) is 22.8. The fraction of sp³-hybridized carbons (Fsp3) is 0.0417. The summed E-state index contributed by atoms with van der Waals surface area (Å²) in [5, 5.41) is 9.84. The van der Waals surface area contributed by atoms with Crippen molar-refractivity contribution in [1.82, 2.24) is 9.55 Å². The molecule has 0 aliphatic rings. The number of H-pyrrole nitrogens is 1. The van der Waals surface area contributed by atoms with E-state index in [4.69, 9.17) is 16.3 Å². The van der Waals surface area contributed by atoms with Gasteiger partial charge in [0, 0.05) is 17.2 Å². The Balaban J connectivity index is 1.85. The quantitative estimate of drug-likeness (QED) is 0.479. The van der Waals surface area contributed by atoms with Crippen LogP contribution in [0.2, 0.25) is 5.02 Å². The highest BCUT2D eigenvalue weighted by Gasteiger charge is 2.17. The third-order valence-electron chi connectivity index (χ3n) is 4.79. The van der Waals surface area contributed by atoms with Crippen molar-refractivity contribution in [3.63, 3.8) is 0 Å². The number of benzene rings is 3. The maximum absolute atomic E-state index is 14.8. The first kappa shape index (κ1) is 21.1. The molecule has 0 unspecified atom stereocenters. The van der Waals surface area contributed by atoms with Gasteiger partial charge in [0.1, 0.15) is 23.4 Å². The van der Waals surface area contributed by atoms with E-state index in [9.17, 15) is 19.2 Å². The third kappa shape index (κ3) is 4.04. The van der Waals surface area contributed by atoms with E-state index >= 15 is 0 Å². The van der Waals surface area contributed by atoms with E-state index in [1.54, 1.807) is 36.4 Å². The Kier molecular flexibility index (Phi) is 5.63. The molecule has 0 saturated carbocycles. The van der Waals surface area contributed by atoms with Crippen molar-refractivity contribution in [3.05, 3.63) is 110 Å². The molecular weight excluding hydrogens is 433 g/mol. The van der Waals surface area contributed by atoms with Crippen molar-refractivity contribution in [2.24, 2.45) is 0 Å². The Morgan fingerprint density at radius 2 is 1.81 bits per heavy atom. The number of aromatic amines is 1. The lowest BCUT2D eigenvalue weighted by atomic mass is 10.1. The van der Waals surface area contributed by atoms with E-state index in [0.29, 0.717) is 20.9 Å². The molecule has 0 spiro atoms. The summed E-state index contributed by atoms with van der Waals surface area (Å²) in [5.41, 5.74) is -0.451. The largest absolute Gasteiger partial charge is 0.456 e. The van der Waals surface area contributed by atoms with Crippen LogP contribution in [0, 0.1) is 24.1 Å². The highest BCUT2D eigenvalue weighted by molar-refractivity contribution is 6.30. The number of ether oxygens (including phenoxy) is 1. The number of nitriles is 1. The molecule has 4 rings (SSSR count). The Hall–Kier alpha value is -4.15. The Morgan fingerprint density at radius 3 is 2.50 bits per heavy atom. The van der Waals surface area contributed by atoms with Crippen molar-refractivity contribution in [3.8, 4) is 34.5 Å². The Labute approximate surface area is 186 Å². The van der Waals surface area contributed by atoms with Gasteiger partial charge < -0.3 is 9.72 Å². The summed E-state index contributed by atoms with van der Waals surface area (Å²) in [4.78, 5) is 28.1. The molecule has 0 amide bonds. The molecule has 0 aliphatic carbocycles. The Morgan fingerprint density at radius 1 is 1.03 bits per heavy atom. The van der Waals surface area contributed by atoms with Crippen molar-refractivity contribution in [2.75, 3.05) is 0 Å². The highest BCUT2D eigenvalue weighted by atomic mass is 35.5. The van der Waals surface area contributed by atoms with Crippen molar-refractivity contribution >= 4 is 11.6 Å². The van der Waals surface area contributed by atoms with Crippen LogP contribution >= 0.6 is 11.6 Å². The maximum Gasteiger partial charge on any atom is 0.333 e. The second-order valence-corrected chi connectivity index (χ2v) is 7.39. The number of para-hydroxylation sites is 1. The third-order valence-corrected chi connectivity index (χ3v) is 5.03. The molecule has 0 saturated heterocycles. The van der Waals surface area contributed by atoms with Gasteiger partial charge in [-0.05, 0) is 42.3 Å². The number of halogens is 2. The molecule has 0 atom stereocenters. The fourth-order valence-corrected chi connectivity index (χ4v) is 3.40. The lowest BCUT2D eigenvalue weighted by Gasteiger charge is -2.13. The minimum absolute atomic E-state index is 0.0171. The van der Waals surface area contributed by atoms with Gasteiger partial charge in [0.2, 0.25) is 0 Å². The monoisotopic (exact) mass is 447 g/mol. The Bertz CT molecular complexity index is 1470. The average Bonchev–Trinajstić information content (AvgIpc) is 2.76. The SMILES string of the molecule is Cc1ccccc1Oc1cc(-n2c(=O)cc(-c3cccc(Cl)c3)[nH]c2=O)c(F)cc1C#N. The summed E-state index contributed by atoms with van der Waals surface area (Å²) in [7, 11) is 0. The molecule has 158 valence electrons. The number of nitrogens with one attached hydrogen (secondary N) is 1. The van der Waals surface area contributed by atoms with Crippen LogP contribution in [0.15, 0.2) is 76.3 Å². The van der Waals surface area contributed by atoms with Crippen LogP contribution in [0.5, 0.6) is 11.5 Å². The summed E-state index contributed by atoms with van der Waals surface area (Å²) in [6, 6.07) is 18.8. The smallest absolute Gasteiger partial charge is 0.333 e. The molecule has 6 nitrogen and oxygen atoms in total. The standard InChI is InChI=1S/C24H15ClFN3O3/c1-14-5-2-3-8-21(14)32-22-12-20(18(26)10-16(22)13-27)29-23(30)11-19(28-24(29)31)15-6-4-7-17(25)9-15/h2-12H,1H3,(H,28,31). The summed E-state index contributed by atoms with van der Waals surface area (Å²) < 4.78 is 21.3. The van der Waals surface area contributed by atoms with Crippen LogP contribution in [0.3, 0.4) is 0 Å². The zero-order valence-electron chi connectivity index (χ0n) is 16.7. The molecule has 4 aromatic rings. The van der Waals surface area contributed by atoms with Gasteiger partial charge in [-0.1, -0.05) is 41.9 Å². The van der Waals surface area contributed by atoms with E-state index in [-0.39, 0.29) is 22.7 Å². The first-order chi connectivity index (χ1) is 15.4. The lowest BCUT2D eigenvalue weighted by molar-refractivity contribution is 0.474. The second kappa shape index (κ2) is 8.53. The number of aryl methyl sites for hydroxylation is 1. The van der Waals surface area contributed by atoms with Crippen LogP contribution in [-0.2, 0) is 0 Å². The van der Waals surface area contributed by atoms with Crippen molar-refractivity contribution < 1.29 is 9.13 Å². The molecule has 32 heavy (non-hydrogen) atoms. The van der Waals surface area contributed by atoms with Gasteiger partial charge in [0.25, 0.3) is 5.56 Å². The van der Waals surface area contributed by atoms with E-state index in [0.717, 1.165) is 17.7 Å². The number of aromatic nitrogens is 2. The van der Waals surface area contributed by atoms with Crippen LogP contribution in [0.1, 0.15) is 11.1 Å². The van der Waals surface area contributed by atoms with Gasteiger partial charge in [0.05, 0.1) is 16.9 Å². The fourth-order valence-electron chi connectivity index (χ4n) is 3.21. The van der Waals surface area contributed by atoms with E-state index in [1.165, 1.54) is 6.07 Å². The van der Waals surface area contributed by atoms with Crippen LogP contribution in [-0.4, -0.2) is 9.55 Å². The summed E-state index contributed by atoms with van der Waals surface area (Å²) in [5.74, 6) is -0.440. The second-order valence-electron chi connectivity index (χ2n) is 6.95. The van der Waals surface area contributed by atoms with Crippen molar-refractivity contribution in [1.29, 1.82) is 5.26 Å². The molecule has 8 heteroatoms. The minimum atomic E-state index is -0.915. The van der Waals surface area contributed by atoms with Crippen LogP contribution in [0.25, 0.3) is 16.9 Å². The molecule has 1 heterocycles. The molecule has 0 aliphatic heterocycles. The number of hydrogen-bond acceptors (Lipinski definition) is 4. The number of rotatable bonds is 4. The maximum atomic E-state index is 14.8. The van der Waals surface area contributed by atoms with Gasteiger partial charge in [-0.2, -0.15) is 5.26 Å². The van der Waals surface area contributed by atoms with E-state index in [1.807, 2.05) is 25.1 Å². The van der Waals surface area contributed by atoms with Crippen LogP contribution < -0.4 is 16.0 Å². The number of nitrogens with zero attached hydrogens (tertiary/aromatic N) is 2. The first-order valence-electron chi connectivity index (χ1n) is 9.47.